The zero-order valence-corrected chi connectivity index (χ0v) is 10.9. The molecule has 0 aliphatic heterocycles. The summed E-state index contributed by atoms with van der Waals surface area (Å²) in [5.74, 6) is 0.0551. The summed E-state index contributed by atoms with van der Waals surface area (Å²) >= 11 is 1.44. The van der Waals surface area contributed by atoms with Crippen LogP contribution >= 0.6 is 11.3 Å². The van der Waals surface area contributed by atoms with Crippen molar-refractivity contribution < 1.29 is 4.79 Å². The Balaban J connectivity index is 1.77. The predicted octanol–water partition coefficient (Wildman–Crippen LogP) is 2.89. The van der Waals surface area contributed by atoms with Crippen LogP contribution in [0.2, 0.25) is 0 Å². The molecule has 0 N–H and O–H groups in total. The number of carbonyl (C=O) groups is 1. The minimum absolute atomic E-state index is 0.0551. The molecular weight excluding hydrogens is 258 g/mol. The highest BCUT2D eigenvalue weighted by molar-refractivity contribution is 7.12. The zero-order chi connectivity index (χ0) is 13.1. The summed E-state index contributed by atoms with van der Waals surface area (Å²) in [6.07, 6.45) is 1.79. The van der Waals surface area contributed by atoms with Crippen LogP contribution < -0.4 is 0 Å². The highest BCUT2D eigenvalue weighted by Crippen LogP contribution is 2.15. The average molecular weight is 269 g/mol. The van der Waals surface area contributed by atoms with Crippen LogP contribution in [0.1, 0.15) is 9.67 Å². The topological polar surface area (TPSA) is 47.8 Å². The fraction of sp³-hybridized carbons (Fsp3) is 0.0714. The molecule has 2 aromatic heterocycles. The molecule has 19 heavy (non-hydrogen) atoms. The molecule has 0 bridgehead atoms. The minimum atomic E-state index is 0.0551. The molecule has 94 valence electrons. The van der Waals surface area contributed by atoms with Crippen LogP contribution in [0.25, 0.3) is 11.3 Å². The van der Waals surface area contributed by atoms with Crippen molar-refractivity contribution in [2.24, 2.45) is 0 Å². The van der Waals surface area contributed by atoms with Gasteiger partial charge in [0.05, 0.1) is 11.1 Å². The second kappa shape index (κ2) is 5.16. The van der Waals surface area contributed by atoms with Crippen LogP contribution in [0.3, 0.4) is 0 Å². The quantitative estimate of drug-likeness (QED) is 0.684. The van der Waals surface area contributed by atoms with E-state index in [1.165, 1.54) is 11.3 Å². The molecule has 0 amide bonds. The van der Waals surface area contributed by atoms with Gasteiger partial charge in [-0.25, -0.2) is 4.68 Å². The highest BCUT2D eigenvalue weighted by Gasteiger charge is 2.10. The van der Waals surface area contributed by atoms with Crippen molar-refractivity contribution in [3.05, 3.63) is 58.9 Å². The van der Waals surface area contributed by atoms with Crippen LogP contribution in [0.4, 0.5) is 0 Å². The van der Waals surface area contributed by atoms with Crippen molar-refractivity contribution in [1.82, 2.24) is 15.0 Å². The number of hydrogen-bond acceptors (Lipinski definition) is 4. The number of carbonyl (C=O) groups excluding carboxylic acids is 1. The Bertz CT molecular complexity index is 674. The zero-order valence-electron chi connectivity index (χ0n) is 10.1. The maximum Gasteiger partial charge on any atom is 0.194 e. The van der Waals surface area contributed by atoms with Gasteiger partial charge in [-0.1, -0.05) is 41.6 Å². The third-order valence-electron chi connectivity index (χ3n) is 2.71. The Labute approximate surface area is 114 Å². The molecular formula is C14H11N3OS. The van der Waals surface area contributed by atoms with Crippen molar-refractivity contribution in [2.45, 2.75) is 6.54 Å². The first-order valence-electron chi connectivity index (χ1n) is 5.85. The summed E-state index contributed by atoms with van der Waals surface area (Å²) in [4.78, 5) is 12.7. The molecule has 0 saturated heterocycles. The Morgan fingerprint density at radius 1 is 1.16 bits per heavy atom. The molecule has 2 heterocycles. The van der Waals surface area contributed by atoms with Gasteiger partial charge in [-0.2, -0.15) is 0 Å². The van der Waals surface area contributed by atoms with Gasteiger partial charge in [0.25, 0.3) is 0 Å². The first-order valence-corrected chi connectivity index (χ1v) is 6.73. The van der Waals surface area contributed by atoms with Gasteiger partial charge in [0.15, 0.2) is 5.78 Å². The monoisotopic (exact) mass is 269 g/mol. The smallest absolute Gasteiger partial charge is 0.194 e. The molecule has 3 rings (SSSR count). The van der Waals surface area contributed by atoms with Gasteiger partial charge in [-0.3, -0.25) is 4.79 Å². The summed E-state index contributed by atoms with van der Waals surface area (Å²) in [6.45, 7) is 0.223. The van der Waals surface area contributed by atoms with Gasteiger partial charge < -0.3 is 0 Å². The summed E-state index contributed by atoms with van der Waals surface area (Å²) in [5, 5.41) is 9.97. The third kappa shape index (κ3) is 2.61. The third-order valence-corrected chi connectivity index (χ3v) is 3.62. The first kappa shape index (κ1) is 11.8. The Kier molecular flexibility index (Phi) is 3.20. The van der Waals surface area contributed by atoms with E-state index in [1.54, 1.807) is 10.9 Å². The molecule has 0 aliphatic rings. The number of thiophene rings is 1. The van der Waals surface area contributed by atoms with Crippen molar-refractivity contribution in [1.29, 1.82) is 0 Å². The maximum absolute atomic E-state index is 11.9. The number of rotatable bonds is 4. The van der Waals surface area contributed by atoms with Gasteiger partial charge in [-0.05, 0) is 11.4 Å². The van der Waals surface area contributed by atoms with Crippen LogP contribution in [0, 0.1) is 0 Å². The molecule has 0 unspecified atom stereocenters. The standard InChI is InChI=1S/C14H11N3OS/c18-13(14-7-4-8-19-14)10-17-9-12(15-16-17)11-5-2-1-3-6-11/h1-9H,10H2. The van der Waals surface area contributed by atoms with E-state index in [9.17, 15) is 4.79 Å². The predicted molar refractivity (Wildman–Crippen MR) is 74.1 cm³/mol. The van der Waals surface area contributed by atoms with Crippen LogP contribution in [0.5, 0.6) is 0 Å². The molecule has 5 heteroatoms. The molecule has 3 aromatic rings. The number of nitrogens with zero attached hydrogens (tertiary/aromatic N) is 3. The van der Waals surface area contributed by atoms with Gasteiger partial charge in [0.2, 0.25) is 0 Å². The number of aromatic nitrogens is 3. The normalized spacial score (nSPS) is 10.5. The van der Waals surface area contributed by atoms with E-state index in [4.69, 9.17) is 0 Å². The van der Waals surface area contributed by atoms with Crippen molar-refractivity contribution in [2.75, 3.05) is 0 Å². The van der Waals surface area contributed by atoms with Gasteiger partial charge in [0, 0.05) is 5.56 Å². The number of benzene rings is 1. The number of ketones is 1. The van der Waals surface area contributed by atoms with E-state index in [2.05, 4.69) is 10.3 Å². The summed E-state index contributed by atoms with van der Waals surface area (Å²) in [7, 11) is 0. The molecule has 0 aliphatic carbocycles. The lowest BCUT2D eigenvalue weighted by Gasteiger charge is -1.97. The summed E-state index contributed by atoms with van der Waals surface area (Å²) < 4.78 is 1.57. The van der Waals surface area contributed by atoms with Crippen molar-refractivity contribution >= 4 is 17.1 Å². The van der Waals surface area contributed by atoms with Crippen molar-refractivity contribution in [3.8, 4) is 11.3 Å². The number of Topliss-reactive ketones (excluding diaryl/α,β-unsaturated/α-hetero) is 1. The maximum atomic E-state index is 11.9. The fourth-order valence-electron chi connectivity index (χ4n) is 1.78. The van der Waals surface area contributed by atoms with Gasteiger partial charge in [0.1, 0.15) is 12.2 Å². The second-order valence-corrected chi connectivity index (χ2v) is 5.02. The molecule has 1 aromatic carbocycles. The van der Waals surface area contributed by atoms with E-state index in [-0.39, 0.29) is 12.3 Å². The van der Waals surface area contributed by atoms with E-state index >= 15 is 0 Å². The van der Waals surface area contributed by atoms with Crippen molar-refractivity contribution in [3.63, 3.8) is 0 Å². The summed E-state index contributed by atoms with van der Waals surface area (Å²) in [5.41, 5.74) is 1.77. The Morgan fingerprint density at radius 2 is 2.00 bits per heavy atom. The molecule has 0 spiro atoms. The lowest BCUT2D eigenvalue weighted by molar-refractivity contribution is 0.0971. The average Bonchev–Trinajstić information content (AvgIpc) is 3.11. The van der Waals surface area contributed by atoms with E-state index in [0.29, 0.717) is 0 Å². The van der Waals surface area contributed by atoms with Crippen LogP contribution in [-0.4, -0.2) is 20.8 Å². The second-order valence-electron chi connectivity index (χ2n) is 4.07. The lowest BCUT2D eigenvalue weighted by atomic mass is 10.2. The largest absolute Gasteiger partial charge is 0.291 e. The van der Waals surface area contributed by atoms with E-state index < -0.39 is 0 Å². The summed E-state index contributed by atoms with van der Waals surface area (Å²) in [6, 6.07) is 13.5. The molecule has 0 saturated carbocycles. The first-order chi connectivity index (χ1) is 9.33. The Hall–Kier alpha value is -2.27. The highest BCUT2D eigenvalue weighted by atomic mass is 32.1. The molecule has 0 atom stereocenters. The van der Waals surface area contributed by atoms with Gasteiger partial charge >= 0.3 is 0 Å². The van der Waals surface area contributed by atoms with Crippen LogP contribution in [-0.2, 0) is 6.54 Å². The SMILES string of the molecule is O=C(Cn1cc(-c2ccccc2)nn1)c1cccs1. The Morgan fingerprint density at radius 3 is 2.74 bits per heavy atom. The lowest BCUT2D eigenvalue weighted by Crippen LogP contribution is -2.09. The number of hydrogen-bond donors (Lipinski definition) is 0. The molecule has 0 fully saturated rings. The van der Waals surface area contributed by atoms with E-state index in [0.717, 1.165) is 16.1 Å². The van der Waals surface area contributed by atoms with Crippen LogP contribution in [0.15, 0.2) is 54.0 Å². The van der Waals surface area contributed by atoms with E-state index in [1.807, 2.05) is 47.8 Å². The minimum Gasteiger partial charge on any atom is -0.291 e. The molecule has 4 nitrogen and oxygen atoms in total. The van der Waals surface area contributed by atoms with Gasteiger partial charge in [-0.15, -0.1) is 16.4 Å². The molecule has 0 radical (unpaired) electrons. The fourth-order valence-corrected chi connectivity index (χ4v) is 2.44.